The number of rotatable bonds is 5. The molecule has 3 nitrogen and oxygen atoms in total. The third-order valence-corrected chi connectivity index (χ3v) is 3.71. The van der Waals surface area contributed by atoms with E-state index in [1.807, 2.05) is 6.07 Å². The monoisotopic (exact) mass is 280 g/mol. The molecule has 2 N–H and O–H groups in total. The first-order chi connectivity index (χ1) is 9.01. The zero-order valence-electron chi connectivity index (χ0n) is 11.7. The summed E-state index contributed by atoms with van der Waals surface area (Å²) in [4.78, 5) is 11.4. The maximum absolute atomic E-state index is 11.4. The number of anilines is 1. The third-order valence-electron chi connectivity index (χ3n) is 3.38. The van der Waals surface area contributed by atoms with Gasteiger partial charge in [0.2, 0.25) is 5.91 Å². The number of carbonyl (C=O) groups excluding carboxylic acids is 1. The van der Waals surface area contributed by atoms with E-state index in [-0.39, 0.29) is 11.9 Å². The van der Waals surface area contributed by atoms with Gasteiger partial charge < -0.3 is 10.6 Å². The van der Waals surface area contributed by atoms with Crippen LogP contribution in [0, 0.1) is 5.92 Å². The van der Waals surface area contributed by atoms with Gasteiger partial charge in [-0.15, -0.1) is 0 Å². The highest BCUT2D eigenvalue weighted by atomic mass is 35.5. The van der Waals surface area contributed by atoms with Gasteiger partial charge in [0.1, 0.15) is 0 Å². The normalized spacial score (nSPS) is 15.5. The minimum absolute atomic E-state index is 0.0482. The number of carbonyl (C=O) groups is 1. The van der Waals surface area contributed by atoms with Gasteiger partial charge >= 0.3 is 0 Å². The molecule has 19 heavy (non-hydrogen) atoms. The van der Waals surface area contributed by atoms with Gasteiger partial charge in [-0.25, -0.2) is 0 Å². The topological polar surface area (TPSA) is 41.1 Å². The van der Waals surface area contributed by atoms with Crippen LogP contribution in [-0.4, -0.2) is 12.5 Å². The summed E-state index contributed by atoms with van der Waals surface area (Å²) in [5, 5.41) is 7.05. The second-order valence-electron chi connectivity index (χ2n) is 5.50. The highest BCUT2D eigenvalue weighted by Crippen LogP contribution is 2.34. The Kier molecular flexibility index (Phi) is 4.48. The highest BCUT2D eigenvalue weighted by molar-refractivity contribution is 6.32. The van der Waals surface area contributed by atoms with Crippen molar-refractivity contribution in [2.24, 2.45) is 5.92 Å². The molecule has 1 aromatic carbocycles. The van der Waals surface area contributed by atoms with E-state index in [1.54, 1.807) is 0 Å². The Balaban J connectivity index is 2.32. The molecule has 1 heterocycles. The average Bonchev–Trinajstić information content (AvgIpc) is 2.66. The van der Waals surface area contributed by atoms with Crippen LogP contribution in [-0.2, 0) is 11.2 Å². The lowest BCUT2D eigenvalue weighted by atomic mass is 9.95. The van der Waals surface area contributed by atoms with Crippen LogP contribution in [0.5, 0.6) is 0 Å². The van der Waals surface area contributed by atoms with Gasteiger partial charge in [-0.3, -0.25) is 4.79 Å². The number of hydrogen-bond acceptors (Lipinski definition) is 2. The van der Waals surface area contributed by atoms with Crippen molar-refractivity contribution < 1.29 is 4.79 Å². The first-order valence-electron chi connectivity index (χ1n) is 6.86. The first kappa shape index (κ1) is 14.4. The molecule has 0 radical (unpaired) electrons. The van der Waals surface area contributed by atoms with E-state index < -0.39 is 0 Å². The van der Waals surface area contributed by atoms with Gasteiger partial charge in [0.15, 0.2) is 0 Å². The van der Waals surface area contributed by atoms with Crippen molar-refractivity contribution in [3.63, 3.8) is 0 Å². The van der Waals surface area contributed by atoms with Crippen molar-refractivity contribution >= 4 is 23.2 Å². The maximum atomic E-state index is 11.4. The molecule has 1 unspecified atom stereocenters. The maximum Gasteiger partial charge on any atom is 0.228 e. The summed E-state index contributed by atoms with van der Waals surface area (Å²) < 4.78 is 0. The fraction of sp³-hybridized carbons (Fsp3) is 0.533. The summed E-state index contributed by atoms with van der Waals surface area (Å²) >= 11 is 6.38. The molecule has 1 aromatic rings. The van der Waals surface area contributed by atoms with Gasteiger partial charge in [-0.2, -0.15) is 0 Å². The summed E-state index contributed by atoms with van der Waals surface area (Å²) in [6.45, 7) is 7.41. The smallest absolute Gasteiger partial charge is 0.228 e. The molecule has 104 valence electrons. The molecule has 0 saturated carbocycles. The van der Waals surface area contributed by atoms with E-state index in [9.17, 15) is 4.79 Å². The van der Waals surface area contributed by atoms with Crippen molar-refractivity contribution in [3.05, 3.63) is 28.3 Å². The quantitative estimate of drug-likeness (QED) is 0.866. The van der Waals surface area contributed by atoms with E-state index in [1.165, 1.54) is 0 Å². The van der Waals surface area contributed by atoms with E-state index in [0.717, 1.165) is 34.8 Å². The van der Waals surface area contributed by atoms with E-state index in [0.29, 0.717) is 12.3 Å². The van der Waals surface area contributed by atoms with Crippen LogP contribution >= 0.6 is 11.6 Å². The molecular weight excluding hydrogens is 260 g/mol. The van der Waals surface area contributed by atoms with Crippen LogP contribution in [0.25, 0.3) is 0 Å². The van der Waals surface area contributed by atoms with Gasteiger partial charge in [0.25, 0.3) is 0 Å². The standard InChI is InChI=1S/C15H21ClN2O/c1-4-17-14(5-9(2)3)11-6-10-7-15(19)18-13(10)8-12(11)16/h6,8-9,14,17H,4-5,7H2,1-3H3,(H,18,19). The fourth-order valence-electron chi connectivity index (χ4n) is 2.57. The Morgan fingerprint density at radius 1 is 1.42 bits per heavy atom. The lowest BCUT2D eigenvalue weighted by molar-refractivity contribution is -0.115. The molecule has 1 amide bonds. The number of amides is 1. The molecule has 4 heteroatoms. The van der Waals surface area contributed by atoms with Gasteiger partial charge in [-0.05, 0) is 36.1 Å². The van der Waals surface area contributed by atoms with Crippen molar-refractivity contribution in [2.75, 3.05) is 11.9 Å². The molecule has 1 aliphatic heterocycles. The predicted molar refractivity (Wildman–Crippen MR) is 79.7 cm³/mol. The average molecular weight is 281 g/mol. The van der Waals surface area contributed by atoms with Crippen LogP contribution in [0.4, 0.5) is 5.69 Å². The number of hydrogen-bond donors (Lipinski definition) is 2. The van der Waals surface area contributed by atoms with E-state index >= 15 is 0 Å². The van der Waals surface area contributed by atoms with Crippen LogP contribution in [0.15, 0.2) is 12.1 Å². The number of fused-ring (bicyclic) bond motifs is 1. The van der Waals surface area contributed by atoms with Gasteiger partial charge in [0, 0.05) is 16.8 Å². The highest BCUT2D eigenvalue weighted by Gasteiger charge is 2.23. The second kappa shape index (κ2) is 5.93. The van der Waals surface area contributed by atoms with Crippen LogP contribution in [0.3, 0.4) is 0 Å². The summed E-state index contributed by atoms with van der Waals surface area (Å²) in [6, 6.07) is 4.20. The largest absolute Gasteiger partial charge is 0.325 e. The summed E-state index contributed by atoms with van der Waals surface area (Å²) in [5.74, 6) is 0.639. The molecule has 0 spiro atoms. The molecule has 2 rings (SSSR count). The van der Waals surface area contributed by atoms with Crippen LogP contribution in [0.2, 0.25) is 5.02 Å². The SMILES string of the molecule is CCNC(CC(C)C)c1cc2c(cc1Cl)NC(=O)C2. The molecule has 1 atom stereocenters. The van der Waals surface area contributed by atoms with E-state index in [4.69, 9.17) is 11.6 Å². The van der Waals surface area contributed by atoms with Crippen molar-refractivity contribution in [1.29, 1.82) is 0 Å². The number of halogens is 1. The molecule has 0 aromatic heterocycles. The minimum Gasteiger partial charge on any atom is -0.325 e. The Morgan fingerprint density at radius 3 is 2.79 bits per heavy atom. The zero-order valence-corrected chi connectivity index (χ0v) is 12.5. The zero-order chi connectivity index (χ0) is 14.0. The Morgan fingerprint density at radius 2 is 2.16 bits per heavy atom. The van der Waals surface area contributed by atoms with Crippen molar-refractivity contribution in [2.45, 2.75) is 39.7 Å². The van der Waals surface area contributed by atoms with Crippen LogP contribution < -0.4 is 10.6 Å². The lowest BCUT2D eigenvalue weighted by Crippen LogP contribution is -2.22. The molecule has 0 aliphatic carbocycles. The summed E-state index contributed by atoms with van der Waals surface area (Å²) in [6.07, 6.45) is 1.49. The molecule has 0 fully saturated rings. The first-order valence-corrected chi connectivity index (χ1v) is 7.24. The second-order valence-corrected chi connectivity index (χ2v) is 5.90. The Hall–Kier alpha value is -1.06. The van der Waals surface area contributed by atoms with Gasteiger partial charge in [0.05, 0.1) is 6.42 Å². The predicted octanol–water partition coefficient (Wildman–Crippen LogP) is 3.53. The molecule has 1 aliphatic rings. The molecule has 0 saturated heterocycles. The summed E-state index contributed by atoms with van der Waals surface area (Å²) in [7, 11) is 0. The lowest BCUT2D eigenvalue weighted by Gasteiger charge is -2.22. The van der Waals surface area contributed by atoms with Crippen molar-refractivity contribution in [3.8, 4) is 0 Å². The minimum atomic E-state index is 0.0482. The number of nitrogens with one attached hydrogen (secondary N) is 2. The van der Waals surface area contributed by atoms with Crippen molar-refractivity contribution in [1.82, 2.24) is 5.32 Å². The number of benzene rings is 1. The Labute approximate surface area is 119 Å². The molecular formula is C15H21ClN2O. The molecule has 0 bridgehead atoms. The summed E-state index contributed by atoms with van der Waals surface area (Å²) in [5.41, 5.74) is 3.02. The fourth-order valence-corrected chi connectivity index (χ4v) is 2.87. The third kappa shape index (κ3) is 3.28. The van der Waals surface area contributed by atoms with E-state index in [2.05, 4.69) is 37.5 Å². The Bertz CT molecular complexity index is 485. The van der Waals surface area contributed by atoms with Crippen LogP contribution in [0.1, 0.15) is 44.4 Å². The van der Waals surface area contributed by atoms with Gasteiger partial charge in [-0.1, -0.05) is 38.4 Å².